The summed E-state index contributed by atoms with van der Waals surface area (Å²) in [5.74, 6) is 2.60. The zero-order chi connectivity index (χ0) is 34.9. The molecule has 53 heavy (non-hydrogen) atoms. The highest BCUT2D eigenvalue weighted by Gasteiger charge is 2.53. The van der Waals surface area contributed by atoms with Gasteiger partial charge in [-0.15, -0.1) is 0 Å². The lowest BCUT2D eigenvalue weighted by molar-refractivity contribution is 0.758. The monoisotopic (exact) mass is 675 g/mol. The molecule has 2 aliphatic carbocycles. The topological polar surface area (TPSA) is 64.5 Å². The van der Waals surface area contributed by atoms with Crippen LogP contribution in [0.15, 0.2) is 176 Å². The van der Waals surface area contributed by atoms with Gasteiger partial charge >= 0.3 is 0 Å². The standard InChI is InChI=1S/C48H29N5/c1-3-13-31(14-4-1)45-51-46(32-15-5-2-6-16-32)53-47(52-45)34-26-24-30-23-25-33(27-35(30)28-34)44-49-29-39-38-19-9-12-22-42(38)48(43(39)50-44)40-20-10-7-17-36(40)37-18-8-11-21-41(37)48/h1-29H. The van der Waals surface area contributed by atoms with Crippen LogP contribution in [0.4, 0.5) is 0 Å². The molecule has 1 spiro atoms. The molecule has 5 nitrogen and oxygen atoms in total. The molecular formula is C48H29N5. The minimum absolute atomic E-state index is 0.521. The Hall–Kier alpha value is -7.11. The number of hydrogen-bond acceptors (Lipinski definition) is 5. The van der Waals surface area contributed by atoms with Crippen molar-refractivity contribution in [3.63, 3.8) is 0 Å². The predicted octanol–water partition coefficient (Wildman–Crippen LogP) is 10.8. The summed E-state index contributed by atoms with van der Waals surface area (Å²) in [6, 6.07) is 59.3. The van der Waals surface area contributed by atoms with Gasteiger partial charge in [0.25, 0.3) is 0 Å². The maximum Gasteiger partial charge on any atom is 0.164 e. The first-order valence-electron chi connectivity index (χ1n) is 17.8. The molecule has 0 unspecified atom stereocenters. The third-order valence-electron chi connectivity index (χ3n) is 10.8. The molecule has 0 saturated heterocycles. The number of fused-ring (bicyclic) bond motifs is 11. The fourth-order valence-electron chi connectivity index (χ4n) is 8.42. The predicted molar refractivity (Wildman–Crippen MR) is 211 cm³/mol. The summed E-state index contributed by atoms with van der Waals surface area (Å²) in [6.07, 6.45) is 2.02. The number of nitrogens with zero attached hydrogens (tertiary/aromatic N) is 5. The summed E-state index contributed by atoms with van der Waals surface area (Å²) in [7, 11) is 0. The smallest absolute Gasteiger partial charge is 0.164 e. The van der Waals surface area contributed by atoms with Crippen molar-refractivity contribution in [3.05, 3.63) is 198 Å². The zero-order valence-corrected chi connectivity index (χ0v) is 28.5. The molecule has 0 N–H and O–H groups in total. The molecule has 0 amide bonds. The fourth-order valence-corrected chi connectivity index (χ4v) is 8.42. The third-order valence-corrected chi connectivity index (χ3v) is 10.8. The van der Waals surface area contributed by atoms with E-state index in [2.05, 4.69) is 109 Å². The van der Waals surface area contributed by atoms with Gasteiger partial charge in [0.05, 0.1) is 11.1 Å². The van der Waals surface area contributed by atoms with Crippen LogP contribution in [0.25, 0.3) is 78.6 Å². The van der Waals surface area contributed by atoms with Crippen molar-refractivity contribution in [3.8, 4) is 67.8 Å². The maximum atomic E-state index is 5.50. The van der Waals surface area contributed by atoms with E-state index < -0.39 is 5.41 Å². The van der Waals surface area contributed by atoms with Crippen LogP contribution in [0.5, 0.6) is 0 Å². The van der Waals surface area contributed by atoms with Gasteiger partial charge in [0, 0.05) is 34.0 Å². The second-order valence-corrected chi connectivity index (χ2v) is 13.7. The summed E-state index contributed by atoms with van der Waals surface area (Å²) in [5, 5.41) is 2.17. The van der Waals surface area contributed by atoms with Crippen molar-refractivity contribution in [2.24, 2.45) is 0 Å². The molecule has 0 fully saturated rings. The Kier molecular flexibility index (Phi) is 6.40. The SMILES string of the molecule is c1ccc(-c2nc(-c3ccccc3)nc(-c3ccc4ccc(-c5ncc6c(n5)C5(c7ccccc7-c7ccccc75)c5ccccc5-6)cc4c3)n2)cc1. The molecule has 9 aromatic rings. The van der Waals surface area contributed by atoms with E-state index in [1.165, 1.54) is 33.4 Å². The lowest BCUT2D eigenvalue weighted by Gasteiger charge is -2.29. The Morgan fingerprint density at radius 2 is 0.755 bits per heavy atom. The van der Waals surface area contributed by atoms with Crippen LogP contribution < -0.4 is 0 Å². The normalized spacial score (nSPS) is 13.1. The van der Waals surface area contributed by atoms with Gasteiger partial charge < -0.3 is 0 Å². The van der Waals surface area contributed by atoms with Crippen LogP contribution in [0.1, 0.15) is 22.4 Å². The first-order valence-corrected chi connectivity index (χ1v) is 17.8. The summed E-state index contributed by atoms with van der Waals surface area (Å²) in [4.78, 5) is 25.4. The van der Waals surface area contributed by atoms with E-state index >= 15 is 0 Å². The molecule has 246 valence electrons. The molecule has 0 atom stereocenters. The molecule has 0 bridgehead atoms. The number of rotatable bonds is 4. The maximum absolute atomic E-state index is 5.50. The highest BCUT2D eigenvalue weighted by atomic mass is 15.0. The van der Waals surface area contributed by atoms with Crippen LogP contribution in [0.3, 0.4) is 0 Å². The summed E-state index contributed by atoms with van der Waals surface area (Å²) < 4.78 is 0. The van der Waals surface area contributed by atoms with E-state index in [-0.39, 0.29) is 0 Å². The first kappa shape index (κ1) is 29.6. The minimum Gasteiger partial charge on any atom is -0.236 e. The van der Waals surface area contributed by atoms with Gasteiger partial charge in [0.2, 0.25) is 0 Å². The molecule has 2 heterocycles. The Bertz CT molecular complexity index is 2780. The number of hydrogen-bond donors (Lipinski definition) is 0. The largest absolute Gasteiger partial charge is 0.236 e. The van der Waals surface area contributed by atoms with E-state index in [1.807, 2.05) is 66.9 Å². The summed E-state index contributed by atoms with van der Waals surface area (Å²) >= 11 is 0. The van der Waals surface area contributed by atoms with Gasteiger partial charge in [-0.2, -0.15) is 0 Å². The Labute approximate surface area is 306 Å². The molecule has 11 rings (SSSR count). The second kappa shape index (κ2) is 11.5. The molecule has 0 aliphatic heterocycles. The average Bonchev–Trinajstić information content (AvgIpc) is 3.71. The van der Waals surface area contributed by atoms with Crippen LogP contribution in [-0.2, 0) is 5.41 Å². The third kappa shape index (κ3) is 4.41. The molecule has 2 aromatic heterocycles. The molecular weight excluding hydrogens is 647 g/mol. The zero-order valence-electron chi connectivity index (χ0n) is 28.5. The Morgan fingerprint density at radius 3 is 1.28 bits per heavy atom. The van der Waals surface area contributed by atoms with Gasteiger partial charge in [0.15, 0.2) is 23.3 Å². The van der Waals surface area contributed by atoms with Crippen molar-refractivity contribution >= 4 is 10.8 Å². The van der Waals surface area contributed by atoms with Crippen LogP contribution in [0.2, 0.25) is 0 Å². The van der Waals surface area contributed by atoms with Gasteiger partial charge in [-0.25, -0.2) is 24.9 Å². The highest BCUT2D eigenvalue weighted by molar-refractivity contribution is 5.95. The molecule has 7 aromatic carbocycles. The van der Waals surface area contributed by atoms with Crippen molar-refractivity contribution in [2.75, 3.05) is 0 Å². The fraction of sp³-hybridized carbons (Fsp3) is 0.0208. The lowest BCUT2D eigenvalue weighted by atomic mass is 9.72. The van der Waals surface area contributed by atoms with Gasteiger partial charge in [-0.05, 0) is 56.3 Å². The number of benzene rings is 7. The van der Waals surface area contributed by atoms with Gasteiger partial charge in [-0.3, -0.25) is 0 Å². The first-order chi connectivity index (χ1) is 26.3. The molecule has 0 radical (unpaired) electrons. The Morgan fingerprint density at radius 1 is 0.321 bits per heavy atom. The van der Waals surface area contributed by atoms with Crippen molar-refractivity contribution in [1.29, 1.82) is 0 Å². The highest BCUT2D eigenvalue weighted by Crippen LogP contribution is 2.62. The Balaban J connectivity index is 1.07. The van der Waals surface area contributed by atoms with Gasteiger partial charge in [-0.1, -0.05) is 158 Å². The van der Waals surface area contributed by atoms with E-state index in [4.69, 9.17) is 24.9 Å². The molecule has 0 saturated carbocycles. The molecule has 5 heteroatoms. The number of aromatic nitrogens is 5. The van der Waals surface area contributed by atoms with Crippen LogP contribution in [0, 0.1) is 0 Å². The lowest BCUT2D eigenvalue weighted by Crippen LogP contribution is -2.27. The average molecular weight is 676 g/mol. The summed E-state index contributed by atoms with van der Waals surface area (Å²) in [6.45, 7) is 0. The second-order valence-electron chi connectivity index (χ2n) is 13.7. The molecule has 2 aliphatic rings. The van der Waals surface area contributed by atoms with E-state index in [9.17, 15) is 0 Å². The van der Waals surface area contributed by atoms with Gasteiger partial charge in [0.1, 0.15) is 0 Å². The van der Waals surface area contributed by atoms with Crippen molar-refractivity contribution < 1.29 is 0 Å². The quantitative estimate of drug-likeness (QED) is 0.186. The van der Waals surface area contributed by atoms with E-state index in [0.717, 1.165) is 44.3 Å². The summed E-state index contributed by atoms with van der Waals surface area (Å²) in [5.41, 5.74) is 12.8. The minimum atomic E-state index is -0.521. The van der Waals surface area contributed by atoms with Crippen LogP contribution >= 0.6 is 0 Å². The van der Waals surface area contributed by atoms with Crippen molar-refractivity contribution in [2.45, 2.75) is 5.41 Å². The van der Waals surface area contributed by atoms with E-state index in [1.54, 1.807) is 0 Å². The van der Waals surface area contributed by atoms with E-state index in [0.29, 0.717) is 23.3 Å². The van der Waals surface area contributed by atoms with Crippen LogP contribution in [-0.4, -0.2) is 24.9 Å². The van der Waals surface area contributed by atoms with Crippen molar-refractivity contribution in [1.82, 2.24) is 24.9 Å².